The van der Waals surface area contributed by atoms with Crippen LogP contribution in [-0.2, 0) is 30.8 Å². The van der Waals surface area contributed by atoms with E-state index < -0.39 is 28.5 Å². The van der Waals surface area contributed by atoms with Crippen LogP contribution in [0, 0.1) is 6.92 Å². The van der Waals surface area contributed by atoms with Crippen LogP contribution >= 0.6 is 0 Å². The van der Waals surface area contributed by atoms with Crippen LogP contribution < -0.4 is 10.1 Å². The van der Waals surface area contributed by atoms with Crippen molar-refractivity contribution in [2.45, 2.75) is 43.9 Å². The summed E-state index contributed by atoms with van der Waals surface area (Å²) in [5.74, 6) is -0.812. The summed E-state index contributed by atoms with van der Waals surface area (Å²) in [6, 6.07) is 9.45. The Bertz CT molecular complexity index is 1140. The minimum absolute atomic E-state index is 0.0207. The highest BCUT2D eigenvalue weighted by Gasteiger charge is 2.26. The zero-order valence-corrected chi connectivity index (χ0v) is 20.2. The lowest BCUT2D eigenvalue weighted by molar-refractivity contribution is -0.147. The largest absolute Gasteiger partial charge is 0.504 e. The second kappa shape index (κ2) is 11.3. The summed E-state index contributed by atoms with van der Waals surface area (Å²) in [5.41, 5.74) is 1.77. The van der Waals surface area contributed by atoms with Gasteiger partial charge in [0.25, 0.3) is 5.91 Å². The first-order chi connectivity index (χ1) is 16.2. The van der Waals surface area contributed by atoms with E-state index >= 15 is 0 Å². The van der Waals surface area contributed by atoms with E-state index in [0.29, 0.717) is 36.5 Å². The number of nitrogens with one attached hydrogen (secondary N) is 1. The Morgan fingerprint density at radius 2 is 1.82 bits per heavy atom. The van der Waals surface area contributed by atoms with Crippen LogP contribution in [0.1, 0.15) is 36.8 Å². The molecule has 1 saturated heterocycles. The number of anilines is 1. The molecule has 1 amide bonds. The summed E-state index contributed by atoms with van der Waals surface area (Å²) in [4.78, 5) is 24.5. The maximum Gasteiger partial charge on any atom is 0.306 e. The third kappa shape index (κ3) is 6.48. The topological polar surface area (TPSA) is 122 Å². The normalized spacial score (nSPS) is 14.4. The van der Waals surface area contributed by atoms with E-state index in [-0.39, 0.29) is 17.1 Å². The second-order valence-corrected chi connectivity index (χ2v) is 10.1. The molecule has 0 aliphatic carbocycles. The number of carbonyl (C=O) groups is 2. The quantitative estimate of drug-likeness (QED) is 0.518. The number of hydrogen-bond donors (Lipinski definition) is 2. The first kappa shape index (κ1) is 25.5. The van der Waals surface area contributed by atoms with Crippen LogP contribution in [0.25, 0.3) is 0 Å². The number of ether oxygens (including phenoxy) is 2. The molecule has 34 heavy (non-hydrogen) atoms. The van der Waals surface area contributed by atoms with Crippen LogP contribution in [-0.4, -0.2) is 56.5 Å². The Morgan fingerprint density at radius 3 is 2.50 bits per heavy atom. The van der Waals surface area contributed by atoms with Gasteiger partial charge in [-0.15, -0.1) is 0 Å². The van der Waals surface area contributed by atoms with Crippen molar-refractivity contribution in [3.63, 3.8) is 0 Å². The van der Waals surface area contributed by atoms with E-state index in [1.165, 1.54) is 29.6 Å². The zero-order valence-electron chi connectivity index (χ0n) is 19.4. The monoisotopic (exact) mass is 490 g/mol. The molecule has 0 spiro atoms. The molecule has 2 aromatic carbocycles. The lowest BCUT2D eigenvalue weighted by atomic mass is 10.1. The number of amides is 1. The van der Waals surface area contributed by atoms with Gasteiger partial charge in [0.2, 0.25) is 10.0 Å². The molecule has 9 nitrogen and oxygen atoms in total. The molecule has 0 atom stereocenters. The summed E-state index contributed by atoms with van der Waals surface area (Å²) >= 11 is 0. The summed E-state index contributed by atoms with van der Waals surface area (Å²) in [7, 11) is -2.19. The van der Waals surface area contributed by atoms with Gasteiger partial charge in [0, 0.05) is 25.2 Å². The fourth-order valence-electron chi connectivity index (χ4n) is 3.69. The third-order valence-electron chi connectivity index (χ3n) is 5.66. The number of sulfonamides is 1. The number of benzene rings is 2. The Balaban J connectivity index is 1.53. The van der Waals surface area contributed by atoms with Crippen molar-refractivity contribution in [1.29, 1.82) is 0 Å². The van der Waals surface area contributed by atoms with Crippen molar-refractivity contribution in [3.8, 4) is 11.5 Å². The highest BCUT2D eigenvalue weighted by molar-refractivity contribution is 7.89. The summed E-state index contributed by atoms with van der Waals surface area (Å²) < 4.78 is 37.3. The van der Waals surface area contributed by atoms with Gasteiger partial charge in [0.05, 0.1) is 12.0 Å². The molecule has 184 valence electrons. The Labute approximate surface area is 199 Å². The molecular weight excluding hydrogens is 460 g/mol. The number of aromatic hydroxyl groups is 1. The van der Waals surface area contributed by atoms with Gasteiger partial charge in [0.1, 0.15) is 0 Å². The maximum atomic E-state index is 12.9. The van der Waals surface area contributed by atoms with Crippen LogP contribution in [0.3, 0.4) is 0 Å². The highest BCUT2D eigenvalue weighted by Crippen LogP contribution is 2.27. The molecule has 0 unspecified atom stereocenters. The molecule has 2 N–H and O–H groups in total. The zero-order chi connectivity index (χ0) is 24.7. The minimum atomic E-state index is -3.63. The van der Waals surface area contributed by atoms with Crippen LogP contribution in [0.4, 0.5) is 5.69 Å². The van der Waals surface area contributed by atoms with Gasteiger partial charge >= 0.3 is 5.97 Å². The van der Waals surface area contributed by atoms with Gasteiger partial charge in [-0.2, -0.15) is 4.31 Å². The summed E-state index contributed by atoms with van der Waals surface area (Å²) in [6.45, 7) is 2.24. The standard InChI is InChI=1S/C24H30N2O7S/c1-17-6-9-19(34(30,31)26-12-4-3-5-13-26)15-20(17)25-23(28)16-33-24(29)11-8-18-7-10-22(32-2)21(27)14-18/h6-7,9-10,14-15,27H,3-5,8,11-13,16H2,1-2H3,(H,25,28). The predicted octanol–water partition coefficient (Wildman–Crippen LogP) is 3.00. The van der Waals surface area contributed by atoms with Crippen molar-refractivity contribution in [1.82, 2.24) is 4.31 Å². The van der Waals surface area contributed by atoms with Gasteiger partial charge < -0.3 is 19.9 Å². The lowest BCUT2D eigenvalue weighted by Crippen LogP contribution is -2.35. The van der Waals surface area contributed by atoms with Crippen LogP contribution in [0.5, 0.6) is 11.5 Å². The lowest BCUT2D eigenvalue weighted by Gasteiger charge is -2.26. The molecular formula is C24H30N2O7S. The predicted molar refractivity (Wildman–Crippen MR) is 126 cm³/mol. The van der Waals surface area contributed by atoms with Crippen LogP contribution in [0.2, 0.25) is 0 Å². The molecule has 0 aromatic heterocycles. The Kier molecular flexibility index (Phi) is 8.51. The molecule has 3 rings (SSSR count). The Morgan fingerprint density at radius 1 is 1.09 bits per heavy atom. The number of hydrogen-bond acceptors (Lipinski definition) is 7. The fraction of sp³-hybridized carbons (Fsp3) is 0.417. The summed E-state index contributed by atoms with van der Waals surface area (Å²) in [6.07, 6.45) is 3.04. The molecule has 1 aliphatic heterocycles. The first-order valence-electron chi connectivity index (χ1n) is 11.1. The van der Waals surface area contributed by atoms with Gasteiger partial charge in [0.15, 0.2) is 18.1 Å². The summed E-state index contributed by atoms with van der Waals surface area (Å²) in [5, 5.41) is 12.4. The van der Waals surface area contributed by atoms with Crippen molar-refractivity contribution < 1.29 is 32.6 Å². The number of carbonyl (C=O) groups excluding carboxylic acids is 2. The second-order valence-electron chi connectivity index (χ2n) is 8.16. The molecule has 1 aliphatic rings. The van der Waals surface area contributed by atoms with Crippen LogP contribution in [0.15, 0.2) is 41.3 Å². The molecule has 10 heteroatoms. The number of phenolic OH excluding ortho intramolecular Hbond substituents is 1. The molecule has 0 bridgehead atoms. The molecule has 0 saturated carbocycles. The van der Waals surface area contributed by atoms with E-state index in [4.69, 9.17) is 9.47 Å². The van der Waals surface area contributed by atoms with Crippen molar-refractivity contribution >= 4 is 27.6 Å². The maximum absolute atomic E-state index is 12.9. The smallest absolute Gasteiger partial charge is 0.306 e. The van der Waals surface area contributed by atoms with Gasteiger partial charge in [-0.25, -0.2) is 8.42 Å². The van der Waals surface area contributed by atoms with Gasteiger partial charge in [-0.3, -0.25) is 9.59 Å². The van der Waals surface area contributed by atoms with Gasteiger partial charge in [-0.1, -0.05) is 18.6 Å². The molecule has 0 radical (unpaired) electrons. The number of nitrogens with zero attached hydrogens (tertiary/aromatic N) is 1. The van der Waals surface area contributed by atoms with E-state index in [1.54, 1.807) is 25.1 Å². The number of phenols is 1. The molecule has 1 fully saturated rings. The number of methoxy groups -OCH3 is 1. The highest BCUT2D eigenvalue weighted by atomic mass is 32.2. The van der Waals surface area contributed by atoms with Crippen molar-refractivity contribution in [3.05, 3.63) is 47.5 Å². The first-order valence-corrected chi connectivity index (χ1v) is 12.6. The fourth-order valence-corrected chi connectivity index (χ4v) is 5.24. The van der Waals surface area contributed by atoms with E-state index in [1.807, 2.05) is 0 Å². The number of aryl methyl sites for hydroxylation is 2. The van der Waals surface area contributed by atoms with E-state index in [2.05, 4.69) is 5.32 Å². The van der Waals surface area contributed by atoms with Gasteiger partial charge in [-0.05, 0) is 61.6 Å². The van der Waals surface area contributed by atoms with E-state index in [9.17, 15) is 23.1 Å². The molecule has 1 heterocycles. The number of esters is 1. The number of rotatable bonds is 9. The Hall–Kier alpha value is -3.11. The van der Waals surface area contributed by atoms with Crippen molar-refractivity contribution in [2.75, 3.05) is 32.1 Å². The number of piperidine rings is 1. The van der Waals surface area contributed by atoms with E-state index in [0.717, 1.165) is 24.8 Å². The average molecular weight is 491 g/mol. The molecule has 2 aromatic rings. The average Bonchev–Trinajstić information content (AvgIpc) is 2.83. The third-order valence-corrected chi connectivity index (χ3v) is 7.56. The SMILES string of the molecule is COc1ccc(CCC(=O)OCC(=O)Nc2cc(S(=O)(=O)N3CCCCC3)ccc2C)cc1O. The van der Waals surface area contributed by atoms with Crippen molar-refractivity contribution in [2.24, 2.45) is 0 Å². The minimum Gasteiger partial charge on any atom is -0.504 e.